The van der Waals surface area contributed by atoms with Crippen LogP contribution in [0.4, 0.5) is 8.78 Å². The van der Waals surface area contributed by atoms with E-state index in [1.165, 1.54) is 6.07 Å². The Kier molecular flexibility index (Phi) is 3.37. The molecule has 1 aliphatic heterocycles. The van der Waals surface area contributed by atoms with Crippen LogP contribution in [-0.2, 0) is 0 Å². The van der Waals surface area contributed by atoms with Crippen LogP contribution in [0.1, 0.15) is 5.56 Å². The molecule has 1 N–H and O–H groups in total. The molecule has 2 nitrogen and oxygen atoms in total. The zero-order valence-corrected chi connectivity index (χ0v) is 8.54. The lowest BCUT2D eigenvalue weighted by Gasteiger charge is -2.21. The molecule has 1 aromatic rings. The lowest BCUT2D eigenvalue weighted by atomic mass is 10.0. The molecule has 0 radical (unpaired) electrons. The summed E-state index contributed by atoms with van der Waals surface area (Å²) in [4.78, 5) is 0. The summed E-state index contributed by atoms with van der Waals surface area (Å²) in [5.74, 6) is 6.34. The topological polar surface area (TPSA) is 21.3 Å². The SMILES string of the molecule is FC(F)Oc1ccccc1C#CC1CNC1. The Labute approximate surface area is 92.6 Å². The maximum absolute atomic E-state index is 12.1. The van der Waals surface area contributed by atoms with E-state index in [0.717, 1.165) is 13.1 Å². The molecule has 16 heavy (non-hydrogen) atoms. The van der Waals surface area contributed by atoms with Gasteiger partial charge in [0.25, 0.3) is 0 Å². The minimum atomic E-state index is -2.81. The highest BCUT2D eigenvalue weighted by molar-refractivity contribution is 5.46. The van der Waals surface area contributed by atoms with Gasteiger partial charge in [-0.25, -0.2) is 0 Å². The van der Waals surface area contributed by atoms with Gasteiger partial charge in [0.05, 0.1) is 5.56 Å². The van der Waals surface area contributed by atoms with E-state index in [-0.39, 0.29) is 5.75 Å². The molecule has 1 aliphatic rings. The maximum Gasteiger partial charge on any atom is 0.387 e. The first-order valence-corrected chi connectivity index (χ1v) is 5.02. The van der Waals surface area contributed by atoms with Gasteiger partial charge in [0.15, 0.2) is 0 Å². The van der Waals surface area contributed by atoms with Crippen LogP contribution in [0, 0.1) is 17.8 Å². The summed E-state index contributed by atoms with van der Waals surface area (Å²) >= 11 is 0. The number of rotatable bonds is 2. The van der Waals surface area contributed by atoms with E-state index in [4.69, 9.17) is 0 Å². The summed E-state index contributed by atoms with van der Waals surface area (Å²) in [5, 5.41) is 3.09. The molecule has 2 rings (SSSR count). The first-order chi connectivity index (χ1) is 7.75. The second-order valence-corrected chi connectivity index (χ2v) is 3.50. The molecule has 0 atom stereocenters. The number of hydrogen-bond donors (Lipinski definition) is 1. The second kappa shape index (κ2) is 4.95. The Morgan fingerprint density at radius 3 is 2.69 bits per heavy atom. The Bertz CT molecular complexity index is 419. The van der Waals surface area contributed by atoms with Crippen LogP contribution < -0.4 is 10.1 Å². The van der Waals surface area contributed by atoms with Gasteiger partial charge in [-0.15, -0.1) is 0 Å². The normalized spacial score (nSPS) is 15.2. The Balaban J connectivity index is 2.14. The Morgan fingerprint density at radius 1 is 1.31 bits per heavy atom. The second-order valence-electron chi connectivity index (χ2n) is 3.50. The molecule has 0 spiro atoms. The molecule has 84 valence electrons. The monoisotopic (exact) mass is 223 g/mol. The molecule has 1 aromatic carbocycles. The predicted molar refractivity (Wildman–Crippen MR) is 56.3 cm³/mol. The van der Waals surface area contributed by atoms with E-state index < -0.39 is 6.61 Å². The van der Waals surface area contributed by atoms with E-state index in [1.807, 2.05) is 0 Å². The van der Waals surface area contributed by atoms with Crippen molar-refractivity contribution in [2.24, 2.45) is 5.92 Å². The summed E-state index contributed by atoms with van der Waals surface area (Å²) in [5.41, 5.74) is 0.509. The highest BCUT2D eigenvalue weighted by atomic mass is 19.3. The molecule has 0 aromatic heterocycles. The van der Waals surface area contributed by atoms with Crippen molar-refractivity contribution >= 4 is 0 Å². The van der Waals surface area contributed by atoms with E-state index in [9.17, 15) is 8.78 Å². The molecule has 4 heteroatoms. The standard InChI is InChI=1S/C12H11F2NO/c13-12(14)16-11-4-2-1-3-10(11)6-5-9-7-15-8-9/h1-4,9,12,15H,7-8H2. The van der Waals surface area contributed by atoms with Gasteiger partial charge in [0.2, 0.25) is 0 Å². The van der Waals surface area contributed by atoms with Crippen molar-refractivity contribution in [2.45, 2.75) is 6.61 Å². The molecular weight excluding hydrogens is 212 g/mol. The quantitative estimate of drug-likeness (QED) is 0.773. The van der Waals surface area contributed by atoms with Crippen LogP contribution in [0.5, 0.6) is 5.75 Å². The number of ether oxygens (including phenoxy) is 1. The maximum atomic E-state index is 12.1. The van der Waals surface area contributed by atoms with Crippen LogP contribution in [0.2, 0.25) is 0 Å². The minimum absolute atomic E-state index is 0.136. The van der Waals surface area contributed by atoms with Gasteiger partial charge < -0.3 is 10.1 Å². The van der Waals surface area contributed by atoms with Crippen molar-refractivity contribution in [3.05, 3.63) is 29.8 Å². The number of para-hydroxylation sites is 1. The fourth-order valence-electron chi connectivity index (χ4n) is 1.34. The highest BCUT2D eigenvalue weighted by Crippen LogP contribution is 2.19. The van der Waals surface area contributed by atoms with Gasteiger partial charge in [0.1, 0.15) is 5.75 Å². The average molecular weight is 223 g/mol. The third-order valence-electron chi connectivity index (χ3n) is 2.30. The van der Waals surface area contributed by atoms with E-state index in [0.29, 0.717) is 11.5 Å². The molecule has 0 bridgehead atoms. The van der Waals surface area contributed by atoms with E-state index in [1.54, 1.807) is 18.2 Å². The third kappa shape index (κ3) is 2.71. The fraction of sp³-hybridized carbons (Fsp3) is 0.333. The molecule has 1 heterocycles. The number of hydrogen-bond acceptors (Lipinski definition) is 2. The van der Waals surface area contributed by atoms with Gasteiger partial charge >= 0.3 is 6.61 Å². The zero-order chi connectivity index (χ0) is 11.4. The van der Waals surface area contributed by atoms with Gasteiger partial charge in [-0.05, 0) is 12.1 Å². The molecule has 0 saturated carbocycles. The molecular formula is C12H11F2NO. The lowest BCUT2D eigenvalue weighted by molar-refractivity contribution is -0.0500. The smallest absolute Gasteiger partial charge is 0.387 e. The first-order valence-electron chi connectivity index (χ1n) is 5.02. The van der Waals surface area contributed by atoms with Crippen molar-refractivity contribution in [2.75, 3.05) is 13.1 Å². The molecule has 1 saturated heterocycles. The molecule has 0 aliphatic carbocycles. The van der Waals surface area contributed by atoms with Crippen LogP contribution in [-0.4, -0.2) is 19.7 Å². The summed E-state index contributed by atoms with van der Waals surface area (Å²) < 4.78 is 28.6. The van der Waals surface area contributed by atoms with Crippen molar-refractivity contribution in [3.8, 4) is 17.6 Å². The Morgan fingerprint density at radius 2 is 2.06 bits per heavy atom. The van der Waals surface area contributed by atoms with Crippen LogP contribution in [0.15, 0.2) is 24.3 Å². The third-order valence-corrected chi connectivity index (χ3v) is 2.30. The lowest BCUT2D eigenvalue weighted by Crippen LogP contribution is -2.40. The summed E-state index contributed by atoms with van der Waals surface area (Å²) in [6.45, 7) is -1.08. The summed E-state index contributed by atoms with van der Waals surface area (Å²) in [6, 6.07) is 6.57. The van der Waals surface area contributed by atoms with Crippen molar-refractivity contribution in [1.29, 1.82) is 0 Å². The van der Waals surface area contributed by atoms with Gasteiger partial charge in [-0.1, -0.05) is 24.0 Å². The highest BCUT2D eigenvalue weighted by Gasteiger charge is 2.13. The number of nitrogens with one attached hydrogen (secondary N) is 1. The molecule has 0 unspecified atom stereocenters. The van der Waals surface area contributed by atoms with Gasteiger partial charge in [-0.2, -0.15) is 8.78 Å². The van der Waals surface area contributed by atoms with Crippen molar-refractivity contribution in [1.82, 2.24) is 5.32 Å². The van der Waals surface area contributed by atoms with Crippen LogP contribution in [0.25, 0.3) is 0 Å². The van der Waals surface area contributed by atoms with Crippen molar-refractivity contribution in [3.63, 3.8) is 0 Å². The van der Waals surface area contributed by atoms with E-state index in [2.05, 4.69) is 21.9 Å². The van der Waals surface area contributed by atoms with Gasteiger partial charge in [-0.3, -0.25) is 0 Å². The fourth-order valence-corrected chi connectivity index (χ4v) is 1.34. The van der Waals surface area contributed by atoms with Crippen LogP contribution in [0.3, 0.4) is 0 Å². The average Bonchev–Trinajstić information content (AvgIpc) is 2.17. The Hall–Kier alpha value is -1.60. The van der Waals surface area contributed by atoms with Crippen molar-refractivity contribution < 1.29 is 13.5 Å². The van der Waals surface area contributed by atoms with E-state index >= 15 is 0 Å². The first kappa shape index (κ1) is 10.9. The minimum Gasteiger partial charge on any atom is -0.434 e. The predicted octanol–water partition coefficient (Wildman–Crippen LogP) is 1.86. The number of alkyl halides is 2. The van der Waals surface area contributed by atoms with Gasteiger partial charge in [0, 0.05) is 19.0 Å². The summed E-state index contributed by atoms with van der Waals surface area (Å²) in [7, 11) is 0. The zero-order valence-electron chi connectivity index (χ0n) is 8.54. The largest absolute Gasteiger partial charge is 0.434 e. The molecule has 1 fully saturated rings. The summed E-state index contributed by atoms with van der Waals surface area (Å²) in [6.07, 6.45) is 0. The molecule has 0 amide bonds. The number of halogens is 2. The van der Waals surface area contributed by atoms with Crippen LogP contribution >= 0.6 is 0 Å². The number of benzene rings is 1.